The lowest BCUT2D eigenvalue weighted by Crippen LogP contribution is -2.46. The van der Waals surface area contributed by atoms with Crippen LogP contribution in [0.5, 0.6) is 0 Å². The Bertz CT molecular complexity index is 863. The number of nitrogens with zero attached hydrogens (tertiary/aromatic N) is 2. The molecule has 24 heavy (non-hydrogen) atoms. The van der Waals surface area contributed by atoms with Crippen LogP contribution in [0.2, 0.25) is 0 Å². The van der Waals surface area contributed by atoms with Gasteiger partial charge in [-0.1, -0.05) is 0 Å². The summed E-state index contributed by atoms with van der Waals surface area (Å²) in [4.78, 5) is 4.81. The fraction of sp³-hybridized carbons (Fsp3) is 0.412. The summed E-state index contributed by atoms with van der Waals surface area (Å²) in [6, 6.07) is 5.32. The third-order valence-electron chi connectivity index (χ3n) is 4.60. The van der Waals surface area contributed by atoms with E-state index in [4.69, 9.17) is 4.98 Å². The Morgan fingerprint density at radius 3 is 2.75 bits per heavy atom. The van der Waals surface area contributed by atoms with E-state index in [1.54, 1.807) is 11.3 Å². The van der Waals surface area contributed by atoms with Gasteiger partial charge in [0.25, 0.3) is 0 Å². The van der Waals surface area contributed by atoms with E-state index < -0.39 is 0 Å². The maximum atomic E-state index is 4.81. The second-order valence-electron chi connectivity index (χ2n) is 6.35. The van der Waals surface area contributed by atoms with Crippen molar-refractivity contribution in [2.45, 2.75) is 38.8 Å². The number of nitrogens with one attached hydrogen (secondary N) is 3. The molecule has 0 radical (unpaired) electrons. The van der Waals surface area contributed by atoms with Gasteiger partial charge in [-0.25, -0.2) is 4.98 Å². The van der Waals surface area contributed by atoms with Crippen LogP contribution in [-0.4, -0.2) is 28.5 Å². The van der Waals surface area contributed by atoms with Crippen LogP contribution >= 0.6 is 22.9 Å². The summed E-state index contributed by atoms with van der Waals surface area (Å²) in [6.07, 6.45) is 2.34. The largest absolute Gasteiger partial charge is 0.381 e. The number of thiophene rings is 1. The summed E-state index contributed by atoms with van der Waals surface area (Å²) in [5.41, 5.74) is 4.46. The quantitative estimate of drug-likeness (QED) is 0.635. The Morgan fingerprint density at radius 1 is 1.21 bits per heavy atom. The van der Waals surface area contributed by atoms with Crippen LogP contribution < -0.4 is 16.0 Å². The SMILES string of the molecule is CN[C@H]1C[C@H](Nc2c(C)c(Nc3cc(C)ns3)nc3ccsc23)C1. The zero-order valence-electron chi connectivity index (χ0n) is 14.0. The van der Waals surface area contributed by atoms with Gasteiger partial charge in [-0.15, -0.1) is 11.3 Å². The molecule has 1 aliphatic carbocycles. The van der Waals surface area contributed by atoms with Gasteiger partial charge >= 0.3 is 0 Å². The van der Waals surface area contributed by atoms with Gasteiger partial charge in [0.15, 0.2) is 0 Å². The predicted molar refractivity (Wildman–Crippen MR) is 104 cm³/mol. The van der Waals surface area contributed by atoms with Gasteiger partial charge in [-0.3, -0.25) is 0 Å². The molecule has 5 nitrogen and oxygen atoms in total. The van der Waals surface area contributed by atoms with Crippen molar-refractivity contribution < 1.29 is 0 Å². The fourth-order valence-electron chi connectivity index (χ4n) is 3.08. The summed E-state index contributed by atoms with van der Waals surface area (Å²) in [5.74, 6) is 0.913. The minimum atomic E-state index is 0.535. The van der Waals surface area contributed by atoms with E-state index in [-0.39, 0.29) is 0 Å². The minimum Gasteiger partial charge on any atom is -0.381 e. The zero-order chi connectivity index (χ0) is 16.7. The summed E-state index contributed by atoms with van der Waals surface area (Å²) in [7, 11) is 2.04. The summed E-state index contributed by atoms with van der Waals surface area (Å²) in [6.45, 7) is 4.14. The average Bonchev–Trinajstić information content (AvgIpc) is 3.14. The van der Waals surface area contributed by atoms with Crippen molar-refractivity contribution in [1.29, 1.82) is 0 Å². The number of aromatic nitrogens is 2. The van der Waals surface area contributed by atoms with Gasteiger partial charge in [0, 0.05) is 17.6 Å². The molecule has 3 heterocycles. The number of rotatable bonds is 5. The van der Waals surface area contributed by atoms with Gasteiger partial charge in [0.2, 0.25) is 0 Å². The lowest BCUT2D eigenvalue weighted by molar-refractivity contribution is 0.326. The third-order valence-corrected chi connectivity index (χ3v) is 6.32. The van der Waals surface area contributed by atoms with E-state index in [1.165, 1.54) is 40.3 Å². The van der Waals surface area contributed by atoms with E-state index in [1.807, 2.05) is 14.0 Å². The Morgan fingerprint density at radius 2 is 2.04 bits per heavy atom. The first-order valence-corrected chi connectivity index (χ1v) is 9.81. The molecule has 3 aromatic rings. The normalized spacial score (nSPS) is 20.1. The second kappa shape index (κ2) is 6.31. The van der Waals surface area contributed by atoms with Crippen molar-refractivity contribution >= 4 is 49.6 Å². The Balaban J connectivity index is 1.66. The topological polar surface area (TPSA) is 61.9 Å². The molecule has 1 aliphatic rings. The zero-order valence-corrected chi connectivity index (χ0v) is 15.6. The fourth-order valence-corrected chi connectivity index (χ4v) is 4.64. The third kappa shape index (κ3) is 2.87. The van der Waals surface area contributed by atoms with Gasteiger partial charge < -0.3 is 16.0 Å². The standard InChI is InChI=1S/C17H21N5S2/c1-9-6-14(24-22-9)21-17-10(2)15(16-13(20-17)4-5-23-16)19-12-7-11(8-12)18-3/h4-6,11-12,18H,7-8H2,1-3H3,(H2,19,20,21)/t11-,12-. The number of anilines is 3. The molecule has 0 spiro atoms. The summed E-state index contributed by atoms with van der Waals surface area (Å²) >= 11 is 3.22. The van der Waals surface area contributed by atoms with Crippen molar-refractivity contribution in [1.82, 2.24) is 14.7 Å². The smallest absolute Gasteiger partial charge is 0.136 e. The predicted octanol–water partition coefficient (Wildman–Crippen LogP) is 4.28. The second-order valence-corrected chi connectivity index (χ2v) is 8.07. The van der Waals surface area contributed by atoms with E-state index in [9.17, 15) is 0 Å². The van der Waals surface area contributed by atoms with Crippen molar-refractivity contribution in [2.75, 3.05) is 17.7 Å². The van der Waals surface area contributed by atoms with Crippen molar-refractivity contribution in [2.24, 2.45) is 0 Å². The van der Waals surface area contributed by atoms with E-state index >= 15 is 0 Å². The Hall–Kier alpha value is -1.70. The summed E-state index contributed by atoms with van der Waals surface area (Å²) in [5, 5.41) is 13.7. The Kier molecular flexibility index (Phi) is 4.15. The van der Waals surface area contributed by atoms with Gasteiger partial charge in [0.1, 0.15) is 10.8 Å². The highest BCUT2D eigenvalue weighted by atomic mass is 32.1. The Labute approximate surface area is 149 Å². The lowest BCUT2D eigenvalue weighted by atomic mass is 9.86. The number of fused-ring (bicyclic) bond motifs is 1. The van der Waals surface area contributed by atoms with Crippen LogP contribution in [0.4, 0.5) is 16.5 Å². The van der Waals surface area contributed by atoms with Crippen LogP contribution in [0.25, 0.3) is 10.2 Å². The van der Waals surface area contributed by atoms with Crippen LogP contribution in [0.1, 0.15) is 24.1 Å². The number of hydrogen-bond acceptors (Lipinski definition) is 7. The van der Waals surface area contributed by atoms with Gasteiger partial charge in [-0.2, -0.15) is 4.37 Å². The van der Waals surface area contributed by atoms with E-state index in [0.29, 0.717) is 12.1 Å². The first kappa shape index (κ1) is 15.8. The summed E-state index contributed by atoms with van der Waals surface area (Å²) < 4.78 is 5.58. The molecule has 0 aliphatic heterocycles. The van der Waals surface area contributed by atoms with E-state index in [0.717, 1.165) is 22.0 Å². The molecule has 3 aromatic heterocycles. The van der Waals surface area contributed by atoms with Crippen molar-refractivity contribution in [3.8, 4) is 0 Å². The molecule has 1 saturated carbocycles. The van der Waals surface area contributed by atoms with Crippen LogP contribution in [0, 0.1) is 13.8 Å². The molecular formula is C17H21N5S2. The molecule has 4 rings (SSSR count). The number of aryl methyl sites for hydroxylation is 1. The molecular weight excluding hydrogens is 338 g/mol. The van der Waals surface area contributed by atoms with Crippen LogP contribution in [-0.2, 0) is 0 Å². The minimum absolute atomic E-state index is 0.535. The molecule has 126 valence electrons. The number of pyridine rings is 1. The maximum absolute atomic E-state index is 4.81. The molecule has 0 amide bonds. The monoisotopic (exact) mass is 359 g/mol. The first-order chi connectivity index (χ1) is 11.6. The van der Waals surface area contributed by atoms with Crippen LogP contribution in [0.15, 0.2) is 17.5 Å². The molecule has 0 saturated heterocycles. The van der Waals surface area contributed by atoms with Crippen molar-refractivity contribution in [3.05, 3.63) is 28.8 Å². The highest BCUT2D eigenvalue weighted by Crippen LogP contribution is 2.38. The molecule has 0 bridgehead atoms. The highest BCUT2D eigenvalue weighted by Gasteiger charge is 2.29. The molecule has 1 fully saturated rings. The molecule has 0 unspecified atom stereocenters. The molecule has 7 heteroatoms. The van der Waals surface area contributed by atoms with Gasteiger partial charge in [0.05, 0.1) is 21.6 Å². The molecule has 3 N–H and O–H groups in total. The van der Waals surface area contributed by atoms with Gasteiger partial charge in [-0.05, 0) is 62.8 Å². The highest BCUT2D eigenvalue weighted by molar-refractivity contribution is 7.17. The maximum Gasteiger partial charge on any atom is 0.136 e. The molecule has 0 atom stereocenters. The number of hydrogen-bond donors (Lipinski definition) is 3. The van der Waals surface area contributed by atoms with Crippen molar-refractivity contribution in [3.63, 3.8) is 0 Å². The lowest BCUT2D eigenvalue weighted by Gasteiger charge is -2.36. The average molecular weight is 360 g/mol. The first-order valence-electron chi connectivity index (χ1n) is 8.16. The van der Waals surface area contributed by atoms with E-state index in [2.05, 4.69) is 44.8 Å². The molecule has 0 aromatic carbocycles. The van der Waals surface area contributed by atoms with Crippen LogP contribution in [0.3, 0.4) is 0 Å².